The van der Waals surface area contributed by atoms with Crippen LogP contribution in [0.5, 0.6) is 0 Å². The lowest BCUT2D eigenvalue weighted by molar-refractivity contribution is 1.19. The molecule has 7 heteroatoms. The number of rotatable bonds is 3. The highest BCUT2D eigenvalue weighted by Gasteiger charge is 2.17. The lowest BCUT2D eigenvalue weighted by atomic mass is 10.0. The molecular weight excluding hydrogens is 426 g/mol. The van der Waals surface area contributed by atoms with E-state index in [0.29, 0.717) is 28.3 Å². The van der Waals surface area contributed by atoms with E-state index in [4.69, 9.17) is 9.97 Å². The van der Waals surface area contributed by atoms with Gasteiger partial charge < -0.3 is 9.97 Å². The van der Waals surface area contributed by atoms with Crippen LogP contribution >= 0.6 is 0 Å². The molecule has 0 spiro atoms. The molecule has 0 aliphatic rings. The van der Waals surface area contributed by atoms with Crippen LogP contribution in [0.25, 0.3) is 55.8 Å². The van der Waals surface area contributed by atoms with Crippen LogP contribution in [0.4, 0.5) is 0 Å². The highest BCUT2D eigenvalue weighted by Crippen LogP contribution is 2.31. The van der Waals surface area contributed by atoms with Gasteiger partial charge in [0, 0.05) is 35.0 Å². The third-order valence-corrected chi connectivity index (χ3v) is 5.69. The Kier molecular flexibility index (Phi) is 4.59. The molecule has 0 saturated heterocycles. The number of pyridine rings is 3. The maximum atomic E-state index is 13.4. The maximum Gasteiger partial charge on any atom is 0.248 e. The van der Waals surface area contributed by atoms with Crippen LogP contribution < -0.4 is 11.0 Å². The van der Waals surface area contributed by atoms with E-state index in [1.54, 1.807) is 24.5 Å². The summed E-state index contributed by atoms with van der Waals surface area (Å²) < 4.78 is 0. The average molecular weight is 443 g/mol. The van der Waals surface area contributed by atoms with Gasteiger partial charge in [-0.2, -0.15) is 0 Å². The highest BCUT2D eigenvalue weighted by atomic mass is 16.1. The molecule has 2 N–H and O–H groups in total. The number of nitrogens with zero attached hydrogens (tertiary/aromatic N) is 3. The first-order chi connectivity index (χ1) is 16.7. The molecular formula is C27H17N5O2. The molecule has 0 unspecified atom stereocenters. The third kappa shape index (κ3) is 3.36. The molecule has 0 radical (unpaired) electrons. The smallest absolute Gasteiger partial charge is 0.248 e. The zero-order valence-electron chi connectivity index (χ0n) is 17.8. The molecule has 0 atom stereocenters. The normalized spacial score (nSPS) is 11.2. The topological polar surface area (TPSA) is 104 Å². The third-order valence-electron chi connectivity index (χ3n) is 5.69. The fourth-order valence-corrected chi connectivity index (χ4v) is 4.05. The van der Waals surface area contributed by atoms with Crippen LogP contribution in [0.3, 0.4) is 0 Å². The van der Waals surface area contributed by atoms with Gasteiger partial charge in [-0.3, -0.25) is 14.6 Å². The summed E-state index contributed by atoms with van der Waals surface area (Å²) in [6, 6.07) is 24.2. The molecule has 2 aromatic carbocycles. The van der Waals surface area contributed by atoms with E-state index < -0.39 is 0 Å². The summed E-state index contributed by atoms with van der Waals surface area (Å²) in [6.07, 6.45) is 3.31. The second kappa shape index (κ2) is 7.90. The Hall–Kier alpha value is -4.91. The van der Waals surface area contributed by atoms with Gasteiger partial charge in [-0.25, -0.2) is 9.97 Å². The van der Waals surface area contributed by atoms with Gasteiger partial charge in [0.2, 0.25) is 11.0 Å². The van der Waals surface area contributed by atoms with Crippen molar-refractivity contribution in [3.05, 3.63) is 112 Å². The largest absolute Gasteiger partial charge is 0.344 e. The fourth-order valence-electron chi connectivity index (χ4n) is 4.05. The van der Waals surface area contributed by atoms with E-state index >= 15 is 0 Å². The van der Waals surface area contributed by atoms with Gasteiger partial charge in [0.25, 0.3) is 0 Å². The van der Waals surface area contributed by atoms with Crippen LogP contribution in [0.2, 0.25) is 0 Å². The second-order valence-corrected chi connectivity index (χ2v) is 7.86. The van der Waals surface area contributed by atoms with Crippen molar-refractivity contribution in [3.8, 4) is 33.8 Å². The Balaban J connectivity index is 1.65. The predicted octanol–water partition coefficient (Wildman–Crippen LogP) is 4.56. The van der Waals surface area contributed by atoms with Crippen LogP contribution in [0, 0.1) is 0 Å². The minimum atomic E-state index is -0.314. The Morgan fingerprint density at radius 1 is 0.735 bits per heavy atom. The zero-order valence-corrected chi connectivity index (χ0v) is 17.8. The lowest BCUT2D eigenvalue weighted by Gasteiger charge is -2.11. The molecule has 162 valence electrons. The number of hydrogen-bond donors (Lipinski definition) is 2. The average Bonchev–Trinajstić information content (AvgIpc) is 2.88. The van der Waals surface area contributed by atoms with Crippen molar-refractivity contribution in [2.24, 2.45) is 0 Å². The Labute approximate surface area is 192 Å². The van der Waals surface area contributed by atoms with Crippen molar-refractivity contribution < 1.29 is 0 Å². The van der Waals surface area contributed by atoms with Crippen molar-refractivity contribution in [1.82, 2.24) is 24.9 Å². The number of aromatic amines is 2. The van der Waals surface area contributed by atoms with Crippen molar-refractivity contribution in [3.63, 3.8) is 0 Å². The number of nitrogens with one attached hydrogen (secondary N) is 2. The number of hydrogen-bond acceptors (Lipinski definition) is 5. The van der Waals surface area contributed by atoms with E-state index in [1.807, 2.05) is 60.7 Å². The Morgan fingerprint density at radius 2 is 1.59 bits per heavy atom. The van der Waals surface area contributed by atoms with Crippen LogP contribution in [-0.4, -0.2) is 24.9 Å². The monoisotopic (exact) mass is 443 g/mol. The van der Waals surface area contributed by atoms with Crippen molar-refractivity contribution in [2.45, 2.75) is 0 Å². The summed E-state index contributed by atoms with van der Waals surface area (Å²) >= 11 is 0. The summed E-state index contributed by atoms with van der Waals surface area (Å²) in [5, 5.41) is 0.963. The minimum absolute atomic E-state index is 0.197. The molecule has 0 saturated carbocycles. The van der Waals surface area contributed by atoms with E-state index in [2.05, 4.69) is 15.0 Å². The first kappa shape index (κ1) is 19.8. The highest BCUT2D eigenvalue weighted by molar-refractivity contribution is 5.90. The van der Waals surface area contributed by atoms with Gasteiger partial charge in [-0.15, -0.1) is 0 Å². The summed E-state index contributed by atoms with van der Waals surface area (Å²) in [4.78, 5) is 45.0. The first-order valence-corrected chi connectivity index (χ1v) is 10.7. The molecule has 4 aromatic heterocycles. The summed E-state index contributed by atoms with van der Waals surface area (Å²) in [5.41, 5.74) is 4.54. The van der Waals surface area contributed by atoms with Crippen LogP contribution in [0.1, 0.15) is 0 Å². The molecule has 0 bridgehead atoms. The van der Waals surface area contributed by atoms with Gasteiger partial charge in [-0.05, 0) is 24.3 Å². The van der Waals surface area contributed by atoms with Gasteiger partial charge in [-0.1, -0.05) is 48.5 Å². The van der Waals surface area contributed by atoms with Gasteiger partial charge in [0.1, 0.15) is 0 Å². The van der Waals surface area contributed by atoms with E-state index in [1.165, 1.54) is 6.07 Å². The lowest BCUT2D eigenvalue weighted by Crippen LogP contribution is -2.13. The number of aromatic nitrogens is 5. The molecule has 6 aromatic rings. The molecule has 0 amide bonds. The fraction of sp³-hybridized carbons (Fsp3) is 0. The maximum absolute atomic E-state index is 13.4. The standard InChI is InChI=1S/C27H17N5O2/c33-22-10-4-9-21(30-22)19-15-29-27-25(26(19)34)31-24(23(32-27)16-6-2-1-3-7-16)18-11-12-20-17(14-18)8-5-13-28-20/h1-15H,(H,30,33)(H,29,32,34). The van der Waals surface area contributed by atoms with E-state index in [9.17, 15) is 9.59 Å². The van der Waals surface area contributed by atoms with Gasteiger partial charge in [0.05, 0.1) is 28.2 Å². The predicted molar refractivity (Wildman–Crippen MR) is 132 cm³/mol. The second-order valence-electron chi connectivity index (χ2n) is 7.86. The molecule has 6 rings (SSSR count). The summed E-state index contributed by atoms with van der Waals surface area (Å²) in [7, 11) is 0. The van der Waals surface area contributed by atoms with Crippen LogP contribution in [0.15, 0.2) is 101 Å². The molecule has 34 heavy (non-hydrogen) atoms. The zero-order chi connectivity index (χ0) is 23.1. The Bertz CT molecular complexity index is 1810. The minimum Gasteiger partial charge on any atom is -0.344 e. The Morgan fingerprint density at radius 3 is 2.44 bits per heavy atom. The van der Waals surface area contributed by atoms with Gasteiger partial charge in [0.15, 0.2) is 11.2 Å². The van der Waals surface area contributed by atoms with E-state index in [-0.39, 0.29) is 16.5 Å². The van der Waals surface area contributed by atoms with Crippen molar-refractivity contribution >= 4 is 22.1 Å². The first-order valence-electron chi connectivity index (χ1n) is 10.7. The molecule has 4 heterocycles. The number of benzene rings is 2. The SMILES string of the molecule is O=c1cccc(-c2c[nH]c3nc(-c4ccccc4)c(-c4ccc5ncccc5c4)nc3c2=O)[nH]1. The molecule has 7 nitrogen and oxygen atoms in total. The summed E-state index contributed by atoms with van der Waals surface area (Å²) in [6.45, 7) is 0. The van der Waals surface area contributed by atoms with Gasteiger partial charge >= 0.3 is 0 Å². The quantitative estimate of drug-likeness (QED) is 0.417. The molecule has 0 aliphatic heterocycles. The molecule has 0 fully saturated rings. The summed E-state index contributed by atoms with van der Waals surface area (Å²) in [5.74, 6) is 0. The number of fused-ring (bicyclic) bond motifs is 2. The molecule has 0 aliphatic carbocycles. The van der Waals surface area contributed by atoms with Crippen molar-refractivity contribution in [2.75, 3.05) is 0 Å². The van der Waals surface area contributed by atoms with Crippen molar-refractivity contribution in [1.29, 1.82) is 0 Å². The number of H-pyrrole nitrogens is 2. The van der Waals surface area contributed by atoms with Crippen LogP contribution in [-0.2, 0) is 0 Å². The van der Waals surface area contributed by atoms with E-state index in [0.717, 1.165) is 22.0 Å².